The summed E-state index contributed by atoms with van der Waals surface area (Å²) in [4.78, 5) is 10.6. The summed E-state index contributed by atoms with van der Waals surface area (Å²) in [6.07, 6.45) is 6.48. The van der Waals surface area contributed by atoms with Crippen LogP contribution in [-0.4, -0.2) is 29.7 Å². The highest BCUT2D eigenvalue weighted by Crippen LogP contribution is 2.33. The van der Waals surface area contributed by atoms with Gasteiger partial charge in [0.05, 0.1) is 6.61 Å². The van der Waals surface area contributed by atoms with Gasteiger partial charge in [0.25, 0.3) is 0 Å². The monoisotopic (exact) mass is 264 g/mol. The largest absolute Gasteiger partial charge is 0.476 e. The van der Waals surface area contributed by atoms with Crippen molar-refractivity contribution in [3.8, 4) is 5.88 Å². The minimum atomic E-state index is 0.489. The van der Waals surface area contributed by atoms with Gasteiger partial charge in [-0.15, -0.1) is 0 Å². The van der Waals surface area contributed by atoms with Gasteiger partial charge in [-0.05, 0) is 38.5 Å². The molecule has 5 nitrogen and oxygen atoms in total. The molecule has 1 saturated carbocycles. The van der Waals surface area contributed by atoms with Crippen LogP contribution in [0.25, 0.3) is 0 Å². The lowest BCUT2D eigenvalue weighted by atomic mass is 9.87. The Morgan fingerprint density at radius 2 is 2.00 bits per heavy atom. The normalized spacial score (nSPS) is 23.1. The molecule has 0 aromatic carbocycles. The molecule has 1 aliphatic rings. The standard InChI is InChI=1S/C14H24N4O/c1-4-19-14-12(15)13(16-9-17-14)18(3)11-7-5-10(2)6-8-11/h9-11H,4-8,15H2,1-3H3. The van der Waals surface area contributed by atoms with Crippen LogP contribution in [0.4, 0.5) is 11.5 Å². The van der Waals surface area contributed by atoms with Gasteiger partial charge in [0, 0.05) is 13.1 Å². The molecule has 0 atom stereocenters. The Labute approximate surface area is 115 Å². The molecule has 0 saturated heterocycles. The van der Waals surface area contributed by atoms with Gasteiger partial charge in [0.2, 0.25) is 5.88 Å². The zero-order valence-corrected chi connectivity index (χ0v) is 12.1. The van der Waals surface area contributed by atoms with Gasteiger partial charge < -0.3 is 15.4 Å². The molecule has 0 radical (unpaired) electrons. The summed E-state index contributed by atoms with van der Waals surface area (Å²) in [6, 6.07) is 0.517. The Bertz CT molecular complexity index is 416. The van der Waals surface area contributed by atoms with E-state index in [9.17, 15) is 0 Å². The molecule has 2 rings (SSSR count). The predicted octanol–water partition coefficient (Wildman–Crippen LogP) is 2.47. The lowest BCUT2D eigenvalue weighted by molar-refractivity contribution is 0.326. The van der Waals surface area contributed by atoms with Crippen LogP contribution in [0, 0.1) is 5.92 Å². The molecule has 2 N–H and O–H groups in total. The number of rotatable bonds is 4. The van der Waals surface area contributed by atoms with E-state index in [1.165, 1.54) is 32.0 Å². The van der Waals surface area contributed by atoms with E-state index in [1.807, 2.05) is 6.92 Å². The van der Waals surface area contributed by atoms with Crippen LogP contribution in [0.2, 0.25) is 0 Å². The first-order valence-electron chi connectivity index (χ1n) is 7.09. The van der Waals surface area contributed by atoms with E-state index in [4.69, 9.17) is 10.5 Å². The number of hydrogen-bond acceptors (Lipinski definition) is 5. The number of nitrogens with two attached hydrogens (primary N) is 1. The Hall–Kier alpha value is -1.52. The molecule has 0 aliphatic heterocycles. The number of hydrogen-bond donors (Lipinski definition) is 1. The highest BCUT2D eigenvalue weighted by atomic mass is 16.5. The molecule has 5 heteroatoms. The summed E-state index contributed by atoms with van der Waals surface area (Å²) in [5.74, 6) is 2.12. The minimum Gasteiger partial charge on any atom is -0.476 e. The molecule has 106 valence electrons. The van der Waals surface area contributed by atoms with E-state index >= 15 is 0 Å². The van der Waals surface area contributed by atoms with Crippen molar-refractivity contribution >= 4 is 11.5 Å². The third-order valence-electron chi connectivity index (χ3n) is 3.97. The van der Waals surface area contributed by atoms with E-state index in [-0.39, 0.29) is 0 Å². The summed E-state index contributed by atoms with van der Waals surface area (Å²) in [7, 11) is 2.06. The van der Waals surface area contributed by atoms with Gasteiger partial charge >= 0.3 is 0 Å². The second-order valence-electron chi connectivity index (χ2n) is 5.37. The fourth-order valence-electron chi connectivity index (χ4n) is 2.71. The zero-order chi connectivity index (χ0) is 13.8. The lowest BCUT2D eigenvalue weighted by Crippen LogP contribution is -2.35. The summed E-state index contributed by atoms with van der Waals surface area (Å²) in [6.45, 7) is 4.81. The van der Waals surface area contributed by atoms with Gasteiger partial charge in [-0.1, -0.05) is 6.92 Å². The SMILES string of the molecule is CCOc1ncnc(N(C)C2CCC(C)CC2)c1N. The van der Waals surface area contributed by atoms with Crippen molar-refractivity contribution in [2.24, 2.45) is 5.92 Å². The maximum atomic E-state index is 6.11. The Balaban J connectivity index is 2.14. The van der Waals surface area contributed by atoms with Crippen molar-refractivity contribution in [3.05, 3.63) is 6.33 Å². The maximum absolute atomic E-state index is 6.11. The number of nitrogen functional groups attached to an aromatic ring is 1. The van der Waals surface area contributed by atoms with Crippen molar-refractivity contribution in [2.45, 2.75) is 45.6 Å². The van der Waals surface area contributed by atoms with Crippen LogP contribution >= 0.6 is 0 Å². The molecule has 1 aromatic heterocycles. The maximum Gasteiger partial charge on any atom is 0.242 e. The molecule has 0 bridgehead atoms. The van der Waals surface area contributed by atoms with E-state index in [0.717, 1.165) is 11.7 Å². The molecule has 1 aliphatic carbocycles. The lowest BCUT2D eigenvalue weighted by Gasteiger charge is -2.34. The molecule has 1 heterocycles. The van der Waals surface area contributed by atoms with E-state index in [0.29, 0.717) is 24.2 Å². The predicted molar refractivity (Wildman–Crippen MR) is 77.4 cm³/mol. The van der Waals surface area contributed by atoms with Crippen molar-refractivity contribution < 1.29 is 4.74 Å². The molecule has 0 spiro atoms. The van der Waals surface area contributed by atoms with Crippen LogP contribution in [-0.2, 0) is 0 Å². The molecule has 0 amide bonds. The Morgan fingerprint density at radius 3 is 2.63 bits per heavy atom. The fourth-order valence-corrected chi connectivity index (χ4v) is 2.71. The molecular weight excluding hydrogens is 240 g/mol. The third-order valence-corrected chi connectivity index (χ3v) is 3.97. The van der Waals surface area contributed by atoms with Gasteiger partial charge in [-0.25, -0.2) is 4.98 Å². The number of ether oxygens (including phenoxy) is 1. The first-order valence-corrected chi connectivity index (χ1v) is 7.09. The van der Waals surface area contributed by atoms with Crippen LogP contribution in [0.15, 0.2) is 6.33 Å². The first kappa shape index (κ1) is 13.9. The third kappa shape index (κ3) is 3.08. The van der Waals surface area contributed by atoms with E-state index in [2.05, 4.69) is 28.8 Å². The molecule has 19 heavy (non-hydrogen) atoms. The van der Waals surface area contributed by atoms with Gasteiger partial charge in [-0.3, -0.25) is 0 Å². The average molecular weight is 264 g/mol. The minimum absolute atomic E-state index is 0.489. The second-order valence-corrected chi connectivity index (χ2v) is 5.37. The average Bonchev–Trinajstić information content (AvgIpc) is 2.41. The molecule has 1 fully saturated rings. The van der Waals surface area contributed by atoms with Crippen molar-refractivity contribution in [1.29, 1.82) is 0 Å². The second kappa shape index (κ2) is 6.08. The number of nitrogens with zero attached hydrogens (tertiary/aromatic N) is 3. The van der Waals surface area contributed by atoms with Crippen LogP contribution < -0.4 is 15.4 Å². The van der Waals surface area contributed by atoms with Crippen molar-refractivity contribution in [1.82, 2.24) is 9.97 Å². The highest BCUT2D eigenvalue weighted by molar-refractivity contribution is 5.67. The van der Waals surface area contributed by atoms with Crippen LogP contribution in [0.5, 0.6) is 5.88 Å². The summed E-state index contributed by atoms with van der Waals surface area (Å²) in [5, 5.41) is 0. The van der Waals surface area contributed by atoms with Gasteiger partial charge in [0.15, 0.2) is 5.82 Å². The van der Waals surface area contributed by atoms with Crippen LogP contribution in [0.1, 0.15) is 39.5 Å². The topological polar surface area (TPSA) is 64.3 Å². The van der Waals surface area contributed by atoms with Crippen LogP contribution in [0.3, 0.4) is 0 Å². The smallest absolute Gasteiger partial charge is 0.242 e. The number of aromatic nitrogens is 2. The first-order chi connectivity index (χ1) is 9.13. The van der Waals surface area contributed by atoms with Gasteiger partial charge in [-0.2, -0.15) is 4.98 Å². The Morgan fingerprint density at radius 1 is 1.32 bits per heavy atom. The highest BCUT2D eigenvalue weighted by Gasteiger charge is 2.24. The Kier molecular flexibility index (Phi) is 4.45. The summed E-state index contributed by atoms with van der Waals surface area (Å²) in [5.41, 5.74) is 6.66. The quantitative estimate of drug-likeness (QED) is 0.905. The summed E-state index contributed by atoms with van der Waals surface area (Å²) >= 11 is 0. The molecule has 1 aromatic rings. The molecular formula is C14H24N4O. The summed E-state index contributed by atoms with van der Waals surface area (Å²) < 4.78 is 5.43. The van der Waals surface area contributed by atoms with Crippen molar-refractivity contribution in [2.75, 3.05) is 24.3 Å². The van der Waals surface area contributed by atoms with E-state index in [1.54, 1.807) is 0 Å². The number of anilines is 2. The van der Waals surface area contributed by atoms with Crippen molar-refractivity contribution in [3.63, 3.8) is 0 Å². The fraction of sp³-hybridized carbons (Fsp3) is 0.714. The van der Waals surface area contributed by atoms with Gasteiger partial charge in [0.1, 0.15) is 12.0 Å². The zero-order valence-electron chi connectivity index (χ0n) is 12.1. The van der Waals surface area contributed by atoms with E-state index < -0.39 is 0 Å². The molecule has 0 unspecified atom stereocenters.